The summed E-state index contributed by atoms with van der Waals surface area (Å²) in [5.41, 5.74) is 3.11. The Hall–Kier alpha value is -1.81. The van der Waals surface area contributed by atoms with Gasteiger partial charge in [-0.2, -0.15) is 0 Å². The molecule has 0 N–H and O–H groups in total. The molecule has 0 unspecified atom stereocenters. The quantitative estimate of drug-likeness (QED) is 0.853. The number of para-hydroxylation sites is 1. The van der Waals surface area contributed by atoms with Crippen molar-refractivity contribution >= 4 is 23.1 Å². The average molecular weight is 303 g/mol. The maximum absolute atomic E-state index is 6.26. The van der Waals surface area contributed by atoms with Crippen LogP contribution < -0.4 is 9.80 Å². The van der Waals surface area contributed by atoms with Gasteiger partial charge in [0.2, 0.25) is 0 Å². The summed E-state index contributed by atoms with van der Waals surface area (Å²) in [6.07, 6.45) is 0. The Bertz CT molecular complexity index is 622. The molecule has 0 spiro atoms. The first-order valence-electron chi connectivity index (χ1n) is 7.21. The van der Waals surface area contributed by atoms with Gasteiger partial charge in [0.05, 0.1) is 11.4 Å². The monoisotopic (exact) mass is 302 g/mol. The van der Waals surface area contributed by atoms with Crippen molar-refractivity contribution in [1.29, 1.82) is 0 Å². The van der Waals surface area contributed by atoms with E-state index in [1.807, 2.05) is 19.9 Å². The van der Waals surface area contributed by atoms with Gasteiger partial charge in [0.25, 0.3) is 0 Å². The van der Waals surface area contributed by atoms with Crippen molar-refractivity contribution < 1.29 is 0 Å². The highest BCUT2D eigenvalue weighted by Crippen LogP contribution is 2.25. The number of piperazine rings is 1. The first-order valence-corrected chi connectivity index (χ1v) is 7.58. The third-order valence-electron chi connectivity index (χ3n) is 3.95. The normalized spacial score (nSPS) is 15.4. The van der Waals surface area contributed by atoms with Crippen LogP contribution in [0.4, 0.5) is 11.5 Å². The molecule has 2 aromatic rings. The smallest absolute Gasteiger partial charge is 0.171 e. The number of rotatable bonds is 2. The molecule has 5 heteroatoms. The summed E-state index contributed by atoms with van der Waals surface area (Å²) >= 11 is 6.26. The highest BCUT2D eigenvalue weighted by atomic mass is 35.5. The zero-order valence-electron chi connectivity index (χ0n) is 12.4. The second-order valence-corrected chi connectivity index (χ2v) is 5.68. The van der Waals surface area contributed by atoms with Crippen LogP contribution in [0.3, 0.4) is 0 Å². The Labute approximate surface area is 130 Å². The lowest BCUT2D eigenvalue weighted by atomic mass is 10.2. The number of nitrogens with zero attached hydrogens (tertiary/aromatic N) is 4. The molecule has 0 radical (unpaired) electrons. The van der Waals surface area contributed by atoms with Crippen LogP contribution in [0.1, 0.15) is 11.4 Å². The third kappa shape index (κ3) is 2.95. The number of hydrogen-bond acceptors (Lipinski definition) is 4. The molecule has 3 rings (SSSR count). The molecule has 21 heavy (non-hydrogen) atoms. The predicted molar refractivity (Wildman–Crippen MR) is 87.4 cm³/mol. The van der Waals surface area contributed by atoms with Crippen molar-refractivity contribution in [2.75, 3.05) is 36.0 Å². The molecular formula is C16H19ClN4. The molecule has 0 saturated carbocycles. The number of hydrogen-bond donors (Lipinski definition) is 0. The summed E-state index contributed by atoms with van der Waals surface area (Å²) in [6, 6.07) is 10.5. The fourth-order valence-electron chi connectivity index (χ4n) is 2.58. The van der Waals surface area contributed by atoms with Crippen molar-refractivity contribution in [1.82, 2.24) is 9.97 Å². The highest BCUT2D eigenvalue weighted by molar-refractivity contribution is 6.31. The molecule has 0 bridgehead atoms. The van der Waals surface area contributed by atoms with Crippen LogP contribution in [-0.2, 0) is 0 Å². The fourth-order valence-corrected chi connectivity index (χ4v) is 2.87. The van der Waals surface area contributed by atoms with Crippen LogP contribution in [-0.4, -0.2) is 36.1 Å². The van der Waals surface area contributed by atoms with Crippen molar-refractivity contribution in [2.24, 2.45) is 0 Å². The molecular weight excluding hydrogens is 284 g/mol. The summed E-state index contributed by atoms with van der Waals surface area (Å²) in [5.74, 6) is 0.812. The van der Waals surface area contributed by atoms with E-state index >= 15 is 0 Å². The van der Waals surface area contributed by atoms with Gasteiger partial charge in [-0.3, -0.25) is 0 Å². The van der Waals surface area contributed by atoms with Crippen LogP contribution >= 0.6 is 11.6 Å². The molecule has 1 aromatic carbocycles. The van der Waals surface area contributed by atoms with Gasteiger partial charge in [-0.15, -0.1) is 0 Å². The van der Waals surface area contributed by atoms with E-state index in [1.54, 1.807) is 0 Å². The summed E-state index contributed by atoms with van der Waals surface area (Å²) in [6.45, 7) is 7.66. The molecule has 1 aliphatic heterocycles. The maximum atomic E-state index is 6.26. The predicted octanol–water partition coefficient (Wildman–Crippen LogP) is 3.07. The zero-order valence-corrected chi connectivity index (χ0v) is 13.1. The number of halogens is 1. The molecule has 4 nitrogen and oxygen atoms in total. The van der Waals surface area contributed by atoms with Crippen LogP contribution in [0.2, 0.25) is 5.15 Å². The standard InChI is InChI=1S/C16H19ClN4/c1-12-13(2)19-16(15(17)18-12)21-10-8-20(9-11-21)14-6-4-3-5-7-14/h3-7H,8-11H2,1-2H3. The van der Waals surface area contributed by atoms with Crippen LogP contribution in [0.25, 0.3) is 0 Å². The molecule has 1 aliphatic rings. The van der Waals surface area contributed by atoms with Gasteiger partial charge in [-0.25, -0.2) is 9.97 Å². The summed E-state index contributed by atoms with van der Waals surface area (Å²) in [5, 5.41) is 0.506. The molecule has 110 valence electrons. The van der Waals surface area contributed by atoms with E-state index in [4.69, 9.17) is 11.6 Å². The third-order valence-corrected chi connectivity index (χ3v) is 4.20. The van der Waals surface area contributed by atoms with E-state index in [9.17, 15) is 0 Å². The van der Waals surface area contributed by atoms with E-state index < -0.39 is 0 Å². The average Bonchev–Trinajstić information content (AvgIpc) is 2.52. The molecule has 1 fully saturated rings. The highest BCUT2D eigenvalue weighted by Gasteiger charge is 2.21. The first kappa shape index (κ1) is 14.1. The van der Waals surface area contributed by atoms with Gasteiger partial charge in [0, 0.05) is 31.9 Å². The maximum Gasteiger partial charge on any atom is 0.171 e. The Balaban J connectivity index is 1.73. The van der Waals surface area contributed by atoms with Gasteiger partial charge in [-0.1, -0.05) is 29.8 Å². The summed E-state index contributed by atoms with van der Waals surface area (Å²) in [4.78, 5) is 13.6. The summed E-state index contributed by atoms with van der Waals surface area (Å²) in [7, 11) is 0. The van der Waals surface area contributed by atoms with Crippen molar-refractivity contribution in [3.05, 3.63) is 46.9 Å². The van der Waals surface area contributed by atoms with E-state index in [2.05, 4.69) is 44.0 Å². The molecule has 1 aromatic heterocycles. The molecule has 0 atom stereocenters. The topological polar surface area (TPSA) is 32.3 Å². The van der Waals surface area contributed by atoms with Crippen LogP contribution in [0, 0.1) is 13.8 Å². The van der Waals surface area contributed by atoms with Crippen molar-refractivity contribution in [3.8, 4) is 0 Å². The fraction of sp³-hybridized carbons (Fsp3) is 0.375. The van der Waals surface area contributed by atoms with Crippen molar-refractivity contribution in [2.45, 2.75) is 13.8 Å². The largest absolute Gasteiger partial charge is 0.368 e. The van der Waals surface area contributed by atoms with E-state index in [-0.39, 0.29) is 0 Å². The van der Waals surface area contributed by atoms with Gasteiger partial charge in [0.1, 0.15) is 0 Å². The van der Waals surface area contributed by atoms with Crippen LogP contribution in [0.5, 0.6) is 0 Å². The molecule has 0 amide bonds. The van der Waals surface area contributed by atoms with Crippen molar-refractivity contribution in [3.63, 3.8) is 0 Å². The number of benzene rings is 1. The van der Waals surface area contributed by atoms with E-state index in [1.165, 1.54) is 5.69 Å². The van der Waals surface area contributed by atoms with E-state index in [0.29, 0.717) is 5.15 Å². The lowest BCUT2D eigenvalue weighted by Gasteiger charge is -2.37. The minimum absolute atomic E-state index is 0.506. The first-order chi connectivity index (χ1) is 10.1. The second kappa shape index (κ2) is 5.90. The lowest BCUT2D eigenvalue weighted by Crippen LogP contribution is -2.47. The Morgan fingerprint density at radius 1 is 0.857 bits per heavy atom. The Morgan fingerprint density at radius 2 is 1.43 bits per heavy atom. The zero-order chi connectivity index (χ0) is 14.8. The number of aromatic nitrogens is 2. The Morgan fingerprint density at radius 3 is 2.10 bits per heavy atom. The molecule has 0 aliphatic carbocycles. The Kier molecular flexibility index (Phi) is 3.97. The number of aryl methyl sites for hydroxylation is 2. The minimum atomic E-state index is 0.506. The summed E-state index contributed by atoms with van der Waals surface area (Å²) < 4.78 is 0. The molecule has 2 heterocycles. The van der Waals surface area contributed by atoms with Gasteiger partial charge in [0.15, 0.2) is 11.0 Å². The molecule has 1 saturated heterocycles. The lowest BCUT2D eigenvalue weighted by molar-refractivity contribution is 0.645. The number of anilines is 2. The SMILES string of the molecule is Cc1nc(Cl)c(N2CCN(c3ccccc3)CC2)nc1C. The van der Waals surface area contributed by atoms with Crippen LogP contribution in [0.15, 0.2) is 30.3 Å². The van der Waals surface area contributed by atoms with Gasteiger partial charge < -0.3 is 9.80 Å². The van der Waals surface area contributed by atoms with Gasteiger partial charge >= 0.3 is 0 Å². The van der Waals surface area contributed by atoms with E-state index in [0.717, 1.165) is 43.4 Å². The minimum Gasteiger partial charge on any atom is -0.368 e. The second-order valence-electron chi connectivity index (χ2n) is 5.32. The van der Waals surface area contributed by atoms with Gasteiger partial charge in [-0.05, 0) is 26.0 Å².